The Morgan fingerprint density at radius 3 is 1.80 bits per heavy atom. The standard InChI is InChI=1S/C20H22N6O4/c1-2-21-19(29)17-22-26(16-11-7-4-8-12-16)18(20(30)24(13-27)14-28)23-25(17)15-9-5-3-6-10-15/h3-12,27-28H,2,13-14H2,1H3,(H,21,29). The quantitative estimate of drug-likeness (QED) is 0.572. The summed E-state index contributed by atoms with van der Waals surface area (Å²) in [7, 11) is 0. The molecular formula is C20H22N6O4. The van der Waals surface area contributed by atoms with Gasteiger partial charge in [-0.3, -0.25) is 14.5 Å². The summed E-state index contributed by atoms with van der Waals surface area (Å²) in [5.74, 6) is -1.47. The number of carbonyl (C=O) groups excluding carboxylic acids is 2. The van der Waals surface area contributed by atoms with Crippen LogP contribution in [0.25, 0.3) is 0 Å². The van der Waals surface area contributed by atoms with Crippen molar-refractivity contribution in [3.05, 3.63) is 60.7 Å². The summed E-state index contributed by atoms with van der Waals surface area (Å²) in [4.78, 5) is 26.5. The van der Waals surface area contributed by atoms with E-state index in [0.29, 0.717) is 17.9 Å². The van der Waals surface area contributed by atoms with Crippen LogP contribution in [0.5, 0.6) is 0 Å². The van der Waals surface area contributed by atoms with Crippen LogP contribution >= 0.6 is 0 Å². The van der Waals surface area contributed by atoms with Crippen molar-refractivity contribution in [1.82, 2.24) is 10.2 Å². The van der Waals surface area contributed by atoms with E-state index in [9.17, 15) is 19.8 Å². The average Bonchev–Trinajstić information content (AvgIpc) is 2.80. The second-order valence-corrected chi connectivity index (χ2v) is 6.13. The Hall–Kier alpha value is -3.76. The van der Waals surface area contributed by atoms with Crippen molar-refractivity contribution in [3.63, 3.8) is 0 Å². The van der Waals surface area contributed by atoms with E-state index < -0.39 is 25.3 Å². The maximum Gasteiger partial charge on any atom is 0.297 e. The van der Waals surface area contributed by atoms with Crippen LogP contribution < -0.4 is 15.3 Å². The average molecular weight is 410 g/mol. The zero-order valence-electron chi connectivity index (χ0n) is 16.3. The van der Waals surface area contributed by atoms with Crippen LogP contribution in [-0.2, 0) is 9.59 Å². The highest BCUT2D eigenvalue weighted by atomic mass is 16.3. The van der Waals surface area contributed by atoms with Gasteiger partial charge in [-0.05, 0) is 31.2 Å². The molecular weight excluding hydrogens is 388 g/mol. The van der Waals surface area contributed by atoms with Crippen LogP contribution in [-0.4, -0.2) is 58.6 Å². The third-order valence-electron chi connectivity index (χ3n) is 4.15. The van der Waals surface area contributed by atoms with E-state index in [2.05, 4.69) is 15.5 Å². The molecule has 2 amide bonds. The van der Waals surface area contributed by atoms with Gasteiger partial charge in [0.25, 0.3) is 11.8 Å². The van der Waals surface area contributed by atoms with Crippen molar-refractivity contribution in [2.75, 3.05) is 30.0 Å². The Morgan fingerprint density at radius 2 is 1.33 bits per heavy atom. The molecule has 3 N–H and O–H groups in total. The fourth-order valence-electron chi connectivity index (χ4n) is 2.70. The number of hydrogen-bond donors (Lipinski definition) is 3. The molecule has 30 heavy (non-hydrogen) atoms. The number of para-hydroxylation sites is 2. The zero-order valence-corrected chi connectivity index (χ0v) is 16.3. The first-order valence-electron chi connectivity index (χ1n) is 9.27. The Morgan fingerprint density at radius 1 is 0.867 bits per heavy atom. The minimum absolute atomic E-state index is 0.0389. The van der Waals surface area contributed by atoms with Crippen molar-refractivity contribution in [2.45, 2.75) is 6.92 Å². The third kappa shape index (κ3) is 4.29. The number of amidine groups is 2. The summed E-state index contributed by atoms with van der Waals surface area (Å²) >= 11 is 0. The van der Waals surface area contributed by atoms with Crippen molar-refractivity contribution < 1.29 is 19.8 Å². The molecule has 0 fully saturated rings. The Kier molecular flexibility index (Phi) is 6.73. The minimum atomic E-state index is -0.761. The lowest BCUT2D eigenvalue weighted by Crippen LogP contribution is -2.52. The second kappa shape index (κ2) is 9.63. The molecule has 0 atom stereocenters. The maximum absolute atomic E-state index is 13.0. The second-order valence-electron chi connectivity index (χ2n) is 6.13. The number of likely N-dealkylation sites (N-methyl/N-ethyl adjacent to an activating group) is 1. The van der Waals surface area contributed by atoms with Gasteiger partial charge < -0.3 is 15.5 Å². The lowest BCUT2D eigenvalue weighted by Gasteiger charge is -2.32. The predicted octanol–water partition coefficient (Wildman–Crippen LogP) is 0.504. The summed E-state index contributed by atoms with van der Waals surface area (Å²) in [6.45, 7) is 0.732. The summed E-state index contributed by atoms with van der Waals surface area (Å²) in [6, 6.07) is 17.5. The lowest BCUT2D eigenvalue weighted by atomic mass is 10.3. The molecule has 0 unspecified atom stereocenters. The number of nitrogens with one attached hydrogen (secondary N) is 1. The van der Waals surface area contributed by atoms with E-state index in [-0.39, 0.29) is 11.7 Å². The smallest absolute Gasteiger partial charge is 0.297 e. The molecule has 0 aliphatic carbocycles. The topological polar surface area (TPSA) is 121 Å². The van der Waals surface area contributed by atoms with Crippen molar-refractivity contribution in [1.29, 1.82) is 0 Å². The van der Waals surface area contributed by atoms with E-state index in [1.807, 2.05) is 6.07 Å². The molecule has 0 radical (unpaired) electrons. The largest absolute Gasteiger partial charge is 0.376 e. The van der Waals surface area contributed by atoms with Gasteiger partial charge >= 0.3 is 0 Å². The molecule has 0 saturated heterocycles. The van der Waals surface area contributed by atoms with Crippen molar-refractivity contribution >= 4 is 34.9 Å². The number of hydrazone groups is 2. The molecule has 10 nitrogen and oxygen atoms in total. The summed E-state index contributed by atoms with van der Waals surface area (Å²) < 4.78 is 0. The molecule has 2 aromatic carbocycles. The van der Waals surface area contributed by atoms with Crippen LogP contribution in [0, 0.1) is 0 Å². The number of aliphatic hydroxyl groups excluding tert-OH is 2. The lowest BCUT2D eigenvalue weighted by molar-refractivity contribution is -0.132. The first kappa shape index (κ1) is 21.0. The van der Waals surface area contributed by atoms with E-state index in [0.717, 1.165) is 4.90 Å². The number of carbonyl (C=O) groups is 2. The summed E-state index contributed by atoms with van der Waals surface area (Å²) in [6.07, 6.45) is 0. The molecule has 10 heteroatoms. The molecule has 156 valence electrons. The molecule has 1 aliphatic heterocycles. The van der Waals surface area contributed by atoms with Gasteiger partial charge in [-0.25, -0.2) is 10.0 Å². The molecule has 3 rings (SSSR count). The van der Waals surface area contributed by atoms with Crippen LogP contribution in [0.15, 0.2) is 70.9 Å². The minimum Gasteiger partial charge on any atom is -0.376 e. The molecule has 1 heterocycles. The van der Waals surface area contributed by atoms with Crippen LogP contribution in [0.3, 0.4) is 0 Å². The predicted molar refractivity (Wildman–Crippen MR) is 112 cm³/mol. The highest BCUT2D eigenvalue weighted by Crippen LogP contribution is 2.24. The van der Waals surface area contributed by atoms with Crippen molar-refractivity contribution in [2.24, 2.45) is 10.2 Å². The van der Waals surface area contributed by atoms with Gasteiger partial charge in [0, 0.05) is 6.54 Å². The fraction of sp³-hybridized carbons (Fsp3) is 0.200. The van der Waals surface area contributed by atoms with Gasteiger partial charge in [-0.1, -0.05) is 36.4 Å². The highest BCUT2D eigenvalue weighted by Gasteiger charge is 2.34. The number of nitrogens with zero attached hydrogens (tertiary/aromatic N) is 5. The van der Waals surface area contributed by atoms with Gasteiger partial charge in [0.1, 0.15) is 13.5 Å². The number of rotatable bonds is 7. The van der Waals surface area contributed by atoms with Gasteiger partial charge in [0.05, 0.1) is 11.4 Å². The SMILES string of the molecule is CCNC(=O)C1=NN(c2ccccc2)C(C(=O)N(CO)CO)=NN1c1ccccc1. The molecule has 0 bridgehead atoms. The third-order valence-corrected chi connectivity index (χ3v) is 4.15. The highest BCUT2D eigenvalue weighted by molar-refractivity contribution is 6.49. The Balaban J connectivity index is 2.16. The van der Waals surface area contributed by atoms with Gasteiger partial charge in [-0.15, -0.1) is 10.2 Å². The number of benzene rings is 2. The Labute approximate surface area is 173 Å². The van der Waals surface area contributed by atoms with E-state index in [1.165, 1.54) is 10.0 Å². The first-order valence-corrected chi connectivity index (χ1v) is 9.27. The molecule has 2 aromatic rings. The molecule has 0 aromatic heterocycles. The fourth-order valence-corrected chi connectivity index (χ4v) is 2.70. The zero-order chi connectivity index (χ0) is 21.5. The van der Waals surface area contributed by atoms with Gasteiger partial charge in [0.2, 0.25) is 11.7 Å². The van der Waals surface area contributed by atoms with E-state index >= 15 is 0 Å². The maximum atomic E-state index is 13.0. The van der Waals surface area contributed by atoms with Gasteiger partial charge in [0.15, 0.2) is 0 Å². The Bertz CT molecular complexity index is 944. The number of aliphatic hydroxyl groups is 2. The molecule has 0 saturated carbocycles. The number of anilines is 2. The van der Waals surface area contributed by atoms with Crippen LogP contribution in [0.4, 0.5) is 11.4 Å². The van der Waals surface area contributed by atoms with Crippen LogP contribution in [0.2, 0.25) is 0 Å². The van der Waals surface area contributed by atoms with E-state index in [1.54, 1.807) is 61.5 Å². The van der Waals surface area contributed by atoms with E-state index in [4.69, 9.17) is 0 Å². The van der Waals surface area contributed by atoms with Gasteiger partial charge in [-0.2, -0.15) is 0 Å². The molecule has 0 spiro atoms. The van der Waals surface area contributed by atoms with Crippen molar-refractivity contribution in [3.8, 4) is 0 Å². The number of amides is 2. The summed E-state index contributed by atoms with van der Waals surface area (Å²) in [5, 5.41) is 32.8. The summed E-state index contributed by atoms with van der Waals surface area (Å²) in [5.41, 5.74) is 0.995. The van der Waals surface area contributed by atoms with Crippen LogP contribution in [0.1, 0.15) is 6.92 Å². The normalized spacial score (nSPS) is 13.4. The number of hydrogen-bond acceptors (Lipinski definition) is 8. The monoisotopic (exact) mass is 410 g/mol. The molecule has 1 aliphatic rings. The first-order chi connectivity index (χ1) is 14.6.